The average Bonchev–Trinajstić information content (AvgIpc) is 2.47. The summed E-state index contributed by atoms with van der Waals surface area (Å²) >= 11 is 0. The Labute approximate surface area is 136 Å². The lowest BCUT2D eigenvalue weighted by Gasteiger charge is -2.51. The Hall–Kier alpha value is -1.59. The topological polar surface area (TPSA) is 70.0 Å². The molecule has 2 N–H and O–H groups in total. The summed E-state index contributed by atoms with van der Waals surface area (Å²) in [6, 6.07) is 5.87. The van der Waals surface area contributed by atoms with Crippen LogP contribution in [0.3, 0.4) is 0 Å². The van der Waals surface area contributed by atoms with Gasteiger partial charge in [0.1, 0.15) is 5.75 Å². The number of aryl methyl sites for hydroxylation is 1. The Balaban J connectivity index is 1.74. The first-order valence-corrected chi connectivity index (χ1v) is 8.43. The normalized spacial score (nSPS) is 23.6. The van der Waals surface area contributed by atoms with Crippen molar-refractivity contribution < 1.29 is 19.7 Å². The van der Waals surface area contributed by atoms with Gasteiger partial charge in [0.25, 0.3) is 0 Å². The maximum atomic E-state index is 11.0. The van der Waals surface area contributed by atoms with E-state index in [2.05, 4.69) is 4.90 Å². The van der Waals surface area contributed by atoms with Crippen LogP contribution in [0.4, 0.5) is 0 Å². The van der Waals surface area contributed by atoms with Crippen molar-refractivity contribution in [1.29, 1.82) is 0 Å². The van der Waals surface area contributed by atoms with Gasteiger partial charge < -0.3 is 14.9 Å². The zero-order valence-corrected chi connectivity index (χ0v) is 13.6. The molecule has 3 rings (SSSR count). The molecule has 0 aromatic heterocycles. The number of carboxylic acid groups (broad SMARTS) is 1. The molecular weight excluding hydrogens is 294 g/mol. The minimum Gasteiger partial charge on any atom is -0.507 e. The molecule has 1 aliphatic carbocycles. The lowest BCUT2D eigenvalue weighted by molar-refractivity contribution is -0.196. The fourth-order valence-corrected chi connectivity index (χ4v) is 3.75. The standard InChI is InChI=1S/C18H25NO4/c1-2-13-5-3-6-14(17(13)22)10-19-11-15(9-16(20)21)23-18(12-19)7-4-8-18/h3,5-6,15,22H,2,4,7-12H2,1H3,(H,20,21). The van der Waals surface area contributed by atoms with Crippen LogP contribution < -0.4 is 0 Å². The number of benzene rings is 1. The highest BCUT2D eigenvalue weighted by atomic mass is 16.5. The fourth-order valence-electron chi connectivity index (χ4n) is 3.75. The molecule has 1 atom stereocenters. The number of aliphatic carboxylic acids is 1. The van der Waals surface area contributed by atoms with Crippen LogP contribution in [0.5, 0.6) is 5.75 Å². The van der Waals surface area contributed by atoms with Gasteiger partial charge in [0, 0.05) is 25.2 Å². The third kappa shape index (κ3) is 3.51. The predicted octanol–water partition coefficient (Wildman–Crippen LogP) is 2.55. The number of aromatic hydroxyl groups is 1. The molecule has 1 saturated carbocycles. The smallest absolute Gasteiger partial charge is 0.306 e. The van der Waals surface area contributed by atoms with Gasteiger partial charge in [-0.25, -0.2) is 0 Å². The summed E-state index contributed by atoms with van der Waals surface area (Å²) in [7, 11) is 0. The molecule has 0 amide bonds. The van der Waals surface area contributed by atoms with Crippen LogP contribution in [0.15, 0.2) is 18.2 Å². The van der Waals surface area contributed by atoms with Crippen LogP contribution in [0, 0.1) is 0 Å². The molecule has 1 saturated heterocycles. The highest BCUT2D eigenvalue weighted by molar-refractivity contribution is 5.67. The number of carbonyl (C=O) groups is 1. The Morgan fingerprint density at radius 1 is 1.39 bits per heavy atom. The number of hydrogen-bond acceptors (Lipinski definition) is 4. The summed E-state index contributed by atoms with van der Waals surface area (Å²) in [5, 5.41) is 19.5. The number of para-hydroxylation sites is 1. The van der Waals surface area contributed by atoms with Gasteiger partial charge >= 0.3 is 5.97 Å². The molecular formula is C18H25NO4. The van der Waals surface area contributed by atoms with Gasteiger partial charge in [-0.1, -0.05) is 25.1 Å². The van der Waals surface area contributed by atoms with Crippen LogP contribution in [0.1, 0.15) is 43.7 Å². The van der Waals surface area contributed by atoms with Gasteiger partial charge in [0.15, 0.2) is 0 Å². The first kappa shape index (κ1) is 16.3. The van der Waals surface area contributed by atoms with E-state index >= 15 is 0 Å². The van der Waals surface area contributed by atoms with E-state index in [1.165, 1.54) is 0 Å². The number of phenols is 1. The van der Waals surface area contributed by atoms with Gasteiger partial charge in [-0.05, 0) is 31.2 Å². The summed E-state index contributed by atoms with van der Waals surface area (Å²) < 4.78 is 6.08. The number of hydrogen-bond donors (Lipinski definition) is 2. The summed E-state index contributed by atoms with van der Waals surface area (Å²) in [4.78, 5) is 13.3. The summed E-state index contributed by atoms with van der Waals surface area (Å²) in [6.45, 7) is 4.09. The highest BCUT2D eigenvalue weighted by Gasteiger charge is 2.45. The van der Waals surface area contributed by atoms with Crippen molar-refractivity contribution in [2.45, 2.75) is 57.3 Å². The largest absolute Gasteiger partial charge is 0.507 e. The summed E-state index contributed by atoms with van der Waals surface area (Å²) in [5.74, 6) is -0.443. The average molecular weight is 319 g/mol. The van der Waals surface area contributed by atoms with E-state index in [1.807, 2.05) is 25.1 Å². The third-order valence-corrected chi connectivity index (χ3v) is 5.04. The molecule has 23 heavy (non-hydrogen) atoms. The Morgan fingerprint density at radius 2 is 2.13 bits per heavy atom. The molecule has 1 aliphatic heterocycles. The van der Waals surface area contributed by atoms with Crippen molar-refractivity contribution in [3.05, 3.63) is 29.3 Å². The monoisotopic (exact) mass is 319 g/mol. The fraction of sp³-hybridized carbons (Fsp3) is 0.611. The second kappa shape index (κ2) is 6.49. The van der Waals surface area contributed by atoms with Crippen molar-refractivity contribution in [2.24, 2.45) is 0 Å². The maximum absolute atomic E-state index is 11.0. The minimum absolute atomic E-state index is 0.0409. The van der Waals surface area contributed by atoms with Crippen LogP contribution >= 0.6 is 0 Å². The highest BCUT2D eigenvalue weighted by Crippen LogP contribution is 2.41. The SMILES string of the molecule is CCc1cccc(CN2CC(CC(=O)O)OC3(CCC3)C2)c1O. The molecule has 1 aromatic rings. The summed E-state index contributed by atoms with van der Waals surface area (Å²) in [6.07, 6.45) is 3.72. The zero-order chi connectivity index (χ0) is 16.4. The van der Waals surface area contributed by atoms with Crippen molar-refractivity contribution in [3.63, 3.8) is 0 Å². The molecule has 0 bridgehead atoms. The van der Waals surface area contributed by atoms with E-state index in [0.29, 0.717) is 18.8 Å². The van der Waals surface area contributed by atoms with Crippen LogP contribution in [-0.4, -0.2) is 45.9 Å². The second-order valence-electron chi connectivity index (χ2n) is 6.82. The van der Waals surface area contributed by atoms with Gasteiger partial charge in [0.05, 0.1) is 18.1 Å². The molecule has 2 fully saturated rings. The lowest BCUT2D eigenvalue weighted by Crippen LogP contribution is -2.58. The molecule has 0 radical (unpaired) electrons. The first-order chi connectivity index (χ1) is 11.0. The molecule has 5 nitrogen and oxygen atoms in total. The van der Waals surface area contributed by atoms with E-state index in [4.69, 9.17) is 9.84 Å². The number of phenolic OH excluding ortho intramolecular Hbond substituents is 1. The van der Waals surface area contributed by atoms with Crippen molar-refractivity contribution in [3.8, 4) is 5.75 Å². The number of rotatable bonds is 5. The number of ether oxygens (including phenoxy) is 1. The van der Waals surface area contributed by atoms with E-state index in [9.17, 15) is 9.90 Å². The van der Waals surface area contributed by atoms with Crippen LogP contribution in [0.25, 0.3) is 0 Å². The van der Waals surface area contributed by atoms with Crippen molar-refractivity contribution in [2.75, 3.05) is 13.1 Å². The van der Waals surface area contributed by atoms with E-state index < -0.39 is 5.97 Å². The number of nitrogens with zero attached hydrogens (tertiary/aromatic N) is 1. The van der Waals surface area contributed by atoms with Gasteiger partial charge in [-0.3, -0.25) is 9.69 Å². The number of carboxylic acids is 1. The third-order valence-electron chi connectivity index (χ3n) is 5.04. The molecule has 1 heterocycles. The van der Waals surface area contributed by atoms with E-state index in [-0.39, 0.29) is 18.1 Å². The van der Waals surface area contributed by atoms with Crippen LogP contribution in [-0.2, 0) is 22.5 Å². The molecule has 2 aliphatic rings. The predicted molar refractivity (Wildman–Crippen MR) is 86.5 cm³/mol. The second-order valence-corrected chi connectivity index (χ2v) is 6.82. The zero-order valence-electron chi connectivity index (χ0n) is 13.6. The van der Waals surface area contributed by atoms with Gasteiger partial charge in [0.2, 0.25) is 0 Å². The maximum Gasteiger partial charge on any atom is 0.306 e. The van der Waals surface area contributed by atoms with E-state index in [0.717, 1.165) is 43.4 Å². The van der Waals surface area contributed by atoms with Crippen molar-refractivity contribution in [1.82, 2.24) is 4.90 Å². The Kier molecular flexibility index (Phi) is 4.60. The van der Waals surface area contributed by atoms with Gasteiger partial charge in [-0.15, -0.1) is 0 Å². The molecule has 1 unspecified atom stereocenters. The van der Waals surface area contributed by atoms with E-state index in [1.54, 1.807) is 0 Å². The Morgan fingerprint density at radius 3 is 2.74 bits per heavy atom. The van der Waals surface area contributed by atoms with Gasteiger partial charge in [-0.2, -0.15) is 0 Å². The molecule has 1 spiro atoms. The number of morpholine rings is 1. The van der Waals surface area contributed by atoms with Crippen LogP contribution in [0.2, 0.25) is 0 Å². The quantitative estimate of drug-likeness (QED) is 0.873. The molecule has 5 heteroatoms. The Bertz CT molecular complexity index is 582. The lowest BCUT2D eigenvalue weighted by atomic mass is 9.78. The first-order valence-electron chi connectivity index (χ1n) is 8.43. The minimum atomic E-state index is -0.817. The molecule has 126 valence electrons. The van der Waals surface area contributed by atoms with Crippen molar-refractivity contribution >= 4 is 5.97 Å². The summed E-state index contributed by atoms with van der Waals surface area (Å²) in [5.41, 5.74) is 1.70. The molecule has 1 aromatic carbocycles.